The van der Waals surface area contributed by atoms with Gasteiger partial charge in [0.25, 0.3) is 0 Å². The van der Waals surface area contributed by atoms with Crippen molar-refractivity contribution < 1.29 is 9.47 Å². The molecule has 1 saturated carbocycles. The van der Waals surface area contributed by atoms with Gasteiger partial charge in [0.2, 0.25) is 0 Å². The summed E-state index contributed by atoms with van der Waals surface area (Å²) in [6, 6.07) is 0. The Kier molecular flexibility index (Phi) is 13.7. The summed E-state index contributed by atoms with van der Waals surface area (Å²) in [5, 5.41) is 6.85. The van der Waals surface area contributed by atoms with E-state index in [0.29, 0.717) is 5.92 Å². The van der Waals surface area contributed by atoms with Crippen LogP contribution < -0.4 is 10.6 Å². The molecule has 2 atom stereocenters. The third kappa shape index (κ3) is 10.3. The summed E-state index contributed by atoms with van der Waals surface area (Å²) < 4.78 is 11.2. The van der Waals surface area contributed by atoms with Crippen molar-refractivity contribution in [2.45, 2.75) is 58.3 Å². The molecule has 0 aromatic carbocycles. The van der Waals surface area contributed by atoms with Crippen LogP contribution in [0.1, 0.15) is 58.3 Å². The van der Waals surface area contributed by atoms with Crippen molar-refractivity contribution in [2.24, 2.45) is 22.7 Å². The molecule has 26 heavy (non-hydrogen) atoms. The fourth-order valence-electron chi connectivity index (χ4n) is 3.98. The molecule has 1 heterocycles. The van der Waals surface area contributed by atoms with Crippen LogP contribution in [0.25, 0.3) is 0 Å². The molecule has 0 amide bonds. The third-order valence-corrected chi connectivity index (χ3v) is 5.57. The Morgan fingerprint density at radius 1 is 1.08 bits per heavy atom. The number of nitrogens with zero attached hydrogens (tertiary/aromatic N) is 1. The third-order valence-electron chi connectivity index (χ3n) is 5.57. The Labute approximate surface area is 177 Å². The van der Waals surface area contributed by atoms with Crippen molar-refractivity contribution in [2.75, 3.05) is 46.6 Å². The Balaban J connectivity index is 0.00000338. The zero-order chi connectivity index (χ0) is 17.7. The zero-order valence-electron chi connectivity index (χ0n) is 16.8. The fourth-order valence-corrected chi connectivity index (χ4v) is 3.98. The molecule has 1 aliphatic heterocycles. The number of aliphatic imine (C=N–C) groups is 1. The van der Waals surface area contributed by atoms with Gasteiger partial charge in [-0.05, 0) is 49.9 Å². The summed E-state index contributed by atoms with van der Waals surface area (Å²) in [7, 11) is 1.85. The number of halogens is 1. The van der Waals surface area contributed by atoms with E-state index in [9.17, 15) is 0 Å². The first-order valence-electron chi connectivity index (χ1n) is 10.4. The molecule has 2 fully saturated rings. The average Bonchev–Trinajstić information content (AvgIpc) is 2.64. The van der Waals surface area contributed by atoms with Gasteiger partial charge in [0.05, 0.1) is 0 Å². The van der Waals surface area contributed by atoms with Gasteiger partial charge in [-0.1, -0.05) is 26.2 Å². The first-order valence-corrected chi connectivity index (χ1v) is 10.4. The lowest BCUT2D eigenvalue weighted by Gasteiger charge is -2.26. The fraction of sp³-hybridized carbons (Fsp3) is 0.950. The quantitative estimate of drug-likeness (QED) is 0.228. The van der Waals surface area contributed by atoms with Crippen molar-refractivity contribution in [3.05, 3.63) is 0 Å². The highest BCUT2D eigenvalue weighted by Gasteiger charge is 2.18. The van der Waals surface area contributed by atoms with E-state index in [-0.39, 0.29) is 24.0 Å². The van der Waals surface area contributed by atoms with E-state index >= 15 is 0 Å². The van der Waals surface area contributed by atoms with Gasteiger partial charge in [0.15, 0.2) is 5.96 Å². The van der Waals surface area contributed by atoms with E-state index in [1.54, 1.807) is 0 Å². The first kappa shape index (κ1) is 24.0. The summed E-state index contributed by atoms with van der Waals surface area (Å²) in [5.74, 6) is 3.43. The van der Waals surface area contributed by atoms with Crippen LogP contribution in [-0.2, 0) is 9.47 Å². The van der Waals surface area contributed by atoms with E-state index in [2.05, 4.69) is 22.5 Å². The largest absolute Gasteiger partial charge is 0.381 e. The molecule has 0 radical (unpaired) electrons. The molecule has 2 rings (SSSR count). The van der Waals surface area contributed by atoms with E-state index in [1.807, 2.05) is 7.05 Å². The van der Waals surface area contributed by atoms with Gasteiger partial charge < -0.3 is 20.1 Å². The maximum atomic E-state index is 5.80. The molecule has 1 aliphatic carbocycles. The summed E-state index contributed by atoms with van der Waals surface area (Å²) in [6.45, 7) is 7.83. The number of hydrogen-bond donors (Lipinski definition) is 2. The van der Waals surface area contributed by atoms with Crippen LogP contribution in [-0.4, -0.2) is 52.5 Å². The number of ether oxygens (including phenoxy) is 2. The lowest BCUT2D eigenvalue weighted by atomic mass is 9.81. The van der Waals surface area contributed by atoms with Crippen LogP contribution in [0.15, 0.2) is 4.99 Å². The highest BCUT2D eigenvalue weighted by Crippen LogP contribution is 2.30. The minimum absolute atomic E-state index is 0. The maximum Gasteiger partial charge on any atom is 0.190 e. The van der Waals surface area contributed by atoms with Gasteiger partial charge in [-0.15, -0.1) is 24.0 Å². The Hall–Kier alpha value is -0.0800. The lowest BCUT2D eigenvalue weighted by Crippen LogP contribution is -2.39. The molecule has 0 aromatic heterocycles. The molecule has 2 N–H and O–H groups in total. The minimum Gasteiger partial charge on any atom is -0.381 e. The van der Waals surface area contributed by atoms with Gasteiger partial charge in [-0.2, -0.15) is 0 Å². The summed E-state index contributed by atoms with van der Waals surface area (Å²) in [6.07, 6.45) is 10.2. The monoisotopic (exact) mass is 481 g/mol. The van der Waals surface area contributed by atoms with Crippen LogP contribution in [0.2, 0.25) is 0 Å². The molecule has 0 spiro atoms. The van der Waals surface area contributed by atoms with Gasteiger partial charge >= 0.3 is 0 Å². The predicted octanol–water partition coefficient (Wildman–Crippen LogP) is 3.82. The van der Waals surface area contributed by atoms with Crippen molar-refractivity contribution in [3.63, 3.8) is 0 Å². The van der Waals surface area contributed by atoms with Crippen molar-refractivity contribution in [1.82, 2.24) is 10.6 Å². The second-order valence-corrected chi connectivity index (χ2v) is 7.84. The minimum atomic E-state index is 0. The molecule has 2 unspecified atom stereocenters. The lowest BCUT2D eigenvalue weighted by molar-refractivity contribution is 0.0203. The van der Waals surface area contributed by atoms with Gasteiger partial charge in [-0.25, -0.2) is 0 Å². The Bertz CT molecular complexity index is 376. The number of guanidine groups is 1. The van der Waals surface area contributed by atoms with Crippen molar-refractivity contribution >= 4 is 29.9 Å². The van der Waals surface area contributed by atoms with E-state index in [4.69, 9.17) is 9.47 Å². The second kappa shape index (κ2) is 14.9. The van der Waals surface area contributed by atoms with Crippen LogP contribution in [0, 0.1) is 17.8 Å². The summed E-state index contributed by atoms with van der Waals surface area (Å²) in [5.41, 5.74) is 0. The zero-order valence-corrected chi connectivity index (χ0v) is 19.1. The van der Waals surface area contributed by atoms with Crippen molar-refractivity contribution in [1.29, 1.82) is 0 Å². The predicted molar refractivity (Wildman–Crippen MR) is 119 cm³/mol. The SMILES string of the molecule is CN=C(NCCCOCC1CCOCC1)NCCC1CCCC(C)C1.I. The number of nitrogens with one attached hydrogen (secondary N) is 2. The first-order chi connectivity index (χ1) is 12.3. The highest BCUT2D eigenvalue weighted by molar-refractivity contribution is 14.0. The number of rotatable bonds is 9. The molecule has 6 heteroatoms. The Morgan fingerprint density at radius 3 is 2.58 bits per heavy atom. The molecule has 0 bridgehead atoms. The molecule has 0 aromatic rings. The highest BCUT2D eigenvalue weighted by atomic mass is 127. The van der Waals surface area contributed by atoms with Crippen LogP contribution in [0.5, 0.6) is 0 Å². The normalized spacial score (nSPS) is 24.8. The topological polar surface area (TPSA) is 54.9 Å². The van der Waals surface area contributed by atoms with E-state index in [0.717, 1.165) is 76.6 Å². The van der Waals surface area contributed by atoms with Crippen LogP contribution >= 0.6 is 24.0 Å². The van der Waals surface area contributed by atoms with Gasteiger partial charge in [0, 0.05) is 46.6 Å². The molecule has 2 aliphatic rings. The standard InChI is InChI=1S/C20H39N3O2.HI/c1-17-5-3-6-18(15-17)7-11-23-20(21-2)22-10-4-12-25-16-19-8-13-24-14-9-19;/h17-19H,3-16H2,1-2H3,(H2,21,22,23);1H. The Morgan fingerprint density at radius 2 is 1.85 bits per heavy atom. The van der Waals surface area contributed by atoms with E-state index < -0.39 is 0 Å². The smallest absolute Gasteiger partial charge is 0.190 e. The maximum absolute atomic E-state index is 5.80. The van der Waals surface area contributed by atoms with Gasteiger partial charge in [-0.3, -0.25) is 4.99 Å². The second-order valence-electron chi connectivity index (χ2n) is 7.84. The average molecular weight is 481 g/mol. The van der Waals surface area contributed by atoms with Crippen LogP contribution in [0.4, 0.5) is 0 Å². The molecular formula is C20H40IN3O2. The summed E-state index contributed by atoms with van der Waals surface area (Å²) in [4.78, 5) is 4.32. The molecule has 5 nitrogen and oxygen atoms in total. The molecule has 1 saturated heterocycles. The molecule has 154 valence electrons. The van der Waals surface area contributed by atoms with Crippen molar-refractivity contribution in [3.8, 4) is 0 Å². The van der Waals surface area contributed by atoms with Crippen LogP contribution in [0.3, 0.4) is 0 Å². The molecular weight excluding hydrogens is 441 g/mol. The van der Waals surface area contributed by atoms with Gasteiger partial charge in [0.1, 0.15) is 0 Å². The number of hydrogen-bond acceptors (Lipinski definition) is 3. The van der Waals surface area contributed by atoms with E-state index in [1.165, 1.54) is 32.1 Å². The summed E-state index contributed by atoms with van der Waals surface area (Å²) >= 11 is 0.